The quantitative estimate of drug-likeness (QED) is 0.848. The highest BCUT2D eigenvalue weighted by atomic mass is 16.4. The van der Waals surface area contributed by atoms with Gasteiger partial charge in [-0.05, 0) is 30.5 Å². The molecule has 2 N–H and O–H groups in total. The third-order valence-electron chi connectivity index (χ3n) is 3.61. The Bertz CT molecular complexity index is 750. The molecule has 0 unspecified atom stereocenters. The van der Waals surface area contributed by atoms with Crippen molar-refractivity contribution in [2.24, 2.45) is 11.3 Å². The number of aromatic carboxylic acids is 1. The summed E-state index contributed by atoms with van der Waals surface area (Å²) in [5, 5.41) is 19.2. The van der Waals surface area contributed by atoms with Gasteiger partial charge in [0.1, 0.15) is 0 Å². The van der Waals surface area contributed by atoms with E-state index in [2.05, 4.69) is 29.5 Å². The first kappa shape index (κ1) is 17.7. The number of carbonyl (C=O) groups is 2. The zero-order valence-electron chi connectivity index (χ0n) is 14.3. The minimum Gasteiger partial charge on any atom is -0.476 e. The van der Waals surface area contributed by atoms with Crippen LogP contribution in [0.2, 0.25) is 0 Å². The minimum absolute atomic E-state index is 0.0573. The fraction of sp³-hybridized carbons (Fsp3) is 0.412. The number of hydrogen-bond acceptors (Lipinski definition) is 4. The van der Waals surface area contributed by atoms with Crippen LogP contribution in [0.5, 0.6) is 0 Å². The van der Waals surface area contributed by atoms with E-state index in [1.807, 2.05) is 13.8 Å². The summed E-state index contributed by atoms with van der Waals surface area (Å²) >= 11 is 0. The molecule has 1 heterocycles. The summed E-state index contributed by atoms with van der Waals surface area (Å²) in [6.07, 6.45) is 2.11. The number of nitrogens with one attached hydrogen (secondary N) is 1. The molecule has 0 aliphatic rings. The summed E-state index contributed by atoms with van der Waals surface area (Å²) in [4.78, 5) is 23.4. The molecule has 1 aromatic carbocycles. The standard InChI is InChI=1S/C17H22N4O3/c1-11(2)9-17(3,4)16(24)18-12-6-5-7-13(8-12)21-10-14(15(22)23)19-20-21/h5-8,10-11H,9H2,1-4H3,(H,18,24)(H,22,23). The lowest BCUT2D eigenvalue weighted by atomic mass is 9.83. The molecule has 0 spiro atoms. The van der Waals surface area contributed by atoms with Crippen molar-refractivity contribution in [1.29, 1.82) is 0 Å². The van der Waals surface area contributed by atoms with Crippen molar-refractivity contribution in [1.82, 2.24) is 15.0 Å². The second-order valence-corrected chi connectivity index (χ2v) is 6.84. The maximum absolute atomic E-state index is 12.5. The predicted octanol–water partition coefficient (Wildman–Crippen LogP) is 2.98. The van der Waals surface area contributed by atoms with Crippen LogP contribution in [0.15, 0.2) is 30.5 Å². The number of aromatic nitrogens is 3. The van der Waals surface area contributed by atoms with Gasteiger partial charge in [0.15, 0.2) is 5.69 Å². The Kier molecular flexibility index (Phi) is 5.02. The molecular weight excluding hydrogens is 308 g/mol. The Morgan fingerprint density at radius 3 is 2.62 bits per heavy atom. The smallest absolute Gasteiger partial charge is 0.358 e. The van der Waals surface area contributed by atoms with Crippen molar-refractivity contribution in [3.63, 3.8) is 0 Å². The average Bonchev–Trinajstić information content (AvgIpc) is 2.96. The van der Waals surface area contributed by atoms with Crippen LogP contribution in [-0.2, 0) is 4.79 Å². The van der Waals surface area contributed by atoms with Crippen LogP contribution < -0.4 is 5.32 Å². The molecule has 1 amide bonds. The number of hydrogen-bond donors (Lipinski definition) is 2. The topological polar surface area (TPSA) is 97.1 Å². The van der Waals surface area contributed by atoms with E-state index in [9.17, 15) is 9.59 Å². The number of anilines is 1. The molecule has 24 heavy (non-hydrogen) atoms. The molecule has 1 aromatic heterocycles. The highest BCUT2D eigenvalue weighted by molar-refractivity contribution is 5.95. The molecule has 0 saturated carbocycles. The molecule has 0 bridgehead atoms. The van der Waals surface area contributed by atoms with E-state index in [4.69, 9.17) is 5.11 Å². The molecule has 0 saturated heterocycles. The lowest BCUT2D eigenvalue weighted by Crippen LogP contribution is -2.32. The molecular formula is C17H22N4O3. The van der Waals surface area contributed by atoms with E-state index in [-0.39, 0.29) is 11.6 Å². The monoisotopic (exact) mass is 330 g/mol. The highest BCUT2D eigenvalue weighted by Crippen LogP contribution is 2.27. The van der Waals surface area contributed by atoms with Crippen LogP contribution in [0, 0.1) is 11.3 Å². The number of rotatable bonds is 6. The van der Waals surface area contributed by atoms with Crippen LogP contribution in [-0.4, -0.2) is 32.0 Å². The van der Waals surface area contributed by atoms with Gasteiger partial charge < -0.3 is 10.4 Å². The molecule has 2 rings (SSSR count). The third kappa shape index (κ3) is 4.18. The van der Waals surface area contributed by atoms with Gasteiger partial charge in [0.25, 0.3) is 0 Å². The van der Waals surface area contributed by atoms with E-state index in [1.54, 1.807) is 24.3 Å². The zero-order valence-corrected chi connectivity index (χ0v) is 14.3. The van der Waals surface area contributed by atoms with Crippen molar-refractivity contribution >= 4 is 17.6 Å². The maximum atomic E-state index is 12.5. The Balaban J connectivity index is 2.18. The Morgan fingerprint density at radius 2 is 2.04 bits per heavy atom. The van der Waals surface area contributed by atoms with Crippen LogP contribution in [0.4, 0.5) is 5.69 Å². The van der Waals surface area contributed by atoms with Crippen LogP contribution in [0.1, 0.15) is 44.6 Å². The predicted molar refractivity (Wildman–Crippen MR) is 90.2 cm³/mol. The van der Waals surface area contributed by atoms with Gasteiger partial charge in [-0.15, -0.1) is 5.10 Å². The fourth-order valence-corrected chi connectivity index (χ4v) is 2.63. The lowest BCUT2D eigenvalue weighted by molar-refractivity contribution is -0.124. The van der Waals surface area contributed by atoms with Crippen molar-refractivity contribution in [2.75, 3.05) is 5.32 Å². The zero-order chi connectivity index (χ0) is 17.9. The Morgan fingerprint density at radius 1 is 1.33 bits per heavy atom. The average molecular weight is 330 g/mol. The minimum atomic E-state index is -1.14. The summed E-state index contributed by atoms with van der Waals surface area (Å²) in [6.45, 7) is 8.01. The van der Waals surface area contributed by atoms with E-state index >= 15 is 0 Å². The van der Waals surface area contributed by atoms with Gasteiger partial charge in [0, 0.05) is 11.1 Å². The number of carboxylic acids is 1. The molecule has 7 heteroatoms. The van der Waals surface area contributed by atoms with Crippen LogP contribution >= 0.6 is 0 Å². The molecule has 0 atom stereocenters. The molecule has 128 valence electrons. The van der Waals surface area contributed by atoms with Crippen LogP contribution in [0.25, 0.3) is 5.69 Å². The number of benzene rings is 1. The Hall–Kier alpha value is -2.70. The molecule has 0 radical (unpaired) electrons. The van der Waals surface area contributed by atoms with Gasteiger partial charge >= 0.3 is 5.97 Å². The first-order valence-electron chi connectivity index (χ1n) is 7.76. The van der Waals surface area contributed by atoms with E-state index in [0.717, 1.165) is 6.42 Å². The molecule has 2 aromatic rings. The van der Waals surface area contributed by atoms with Gasteiger partial charge in [0.2, 0.25) is 5.91 Å². The summed E-state index contributed by atoms with van der Waals surface area (Å²) in [6, 6.07) is 7.03. The largest absolute Gasteiger partial charge is 0.476 e. The van der Waals surface area contributed by atoms with Gasteiger partial charge in [-0.1, -0.05) is 39.0 Å². The second kappa shape index (κ2) is 6.82. The van der Waals surface area contributed by atoms with Crippen molar-refractivity contribution in [3.8, 4) is 5.69 Å². The van der Waals surface area contributed by atoms with Gasteiger partial charge in [-0.3, -0.25) is 4.79 Å². The van der Waals surface area contributed by atoms with E-state index in [0.29, 0.717) is 17.3 Å². The first-order chi connectivity index (χ1) is 11.2. The van der Waals surface area contributed by atoms with Crippen molar-refractivity contribution in [3.05, 3.63) is 36.2 Å². The van der Waals surface area contributed by atoms with Gasteiger partial charge in [-0.2, -0.15) is 0 Å². The first-order valence-corrected chi connectivity index (χ1v) is 7.76. The van der Waals surface area contributed by atoms with E-state index in [1.165, 1.54) is 10.9 Å². The van der Waals surface area contributed by atoms with Crippen LogP contribution in [0.3, 0.4) is 0 Å². The molecule has 0 aliphatic heterocycles. The van der Waals surface area contributed by atoms with Gasteiger partial charge in [0.05, 0.1) is 11.9 Å². The number of carbonyl (C=O) groups excluding carboxylic acids is 1. The summed E-state index contributed by atoms with van der Waals surface area (Å²) < 4.78 is 1.36. The third-order valence-corrected chi connectivity index (χ3v) is 3.61. The number of carboxylic acid groups (broad SMARTS) is 1. The Labute approximate surface area is 140 Å². The fourth-order valence-electron chi connectivity index (χ4n) is 2.63. The SMILES string of the molecule is CC(C)CC(C)(C)C(=O)Nc1cccc(-n2cc(C(=O)O)nn2)c1. The van der Waals surface area contributed by atoms with E-state index < -0.39 is 11.4 Å². The second-order valence-electron chi connectivity index (χ2n) is 6.84. The molecule has 0 aliphatic carbocycles. The number of nitrogens with zero attached hydrogens (tertiary/aromatic N) is 3. The lowest BCUT2D eigenvalue weighted by Gasteiger charge is -2.25. The summed E-state index contributed by atoms with van der Waals surface area (Å²) in [5.41, 5.74) is 0.632. The van der Waals surface area contributed by atoms with Gasteiger partial charge in [-0.25, -0.2) is 9.48 Å². The maximum Gasteiger partial charge on any atom is 0.358 e. The highest BCUT2D eigenvalue weighted by Gasteiger charge is 2.28. The summed E-state index contributed by atoms with van der Waals surface area (Å²) in [5.74, 6) is -0.777. The van der Waals surface area contributed by atoms with Crippen molar-refractivity contribution in [2.45, 2.75) is 34.1 Å². The number of amides is 1. The van der Waals surface area contributed by atoms with Crippen molar-refractivity contribution < 1.29 is 14.7 Å². The molecule has 0 fully saturated rings. The normalized spacial score (nSPS) is 11.5. The summed E-state index contributed by atoms with van der Waals surface area (Å²) in [7, 11) is 0. The molecule has 7 nitrogen and oxygen atoms in total.